The van der Waals surface area contributed by atoms with Gasteiger partial charge in [-0.15, -0.1) is 0 Å². The second-order valence-corrected chi connectivity index (χ2v) is 8.72. The van der Waals surface area contributed by atoms with E-state index in [0.29, 0.717) is 18.7 Å². The summed E-state index contributed by atoms with van der Waals surface area (Å²) in [7, 11) is 0.0753. The van der Waals surface area contributed by atoms with Crippen LogP contribution in [0.1, 0.15) is 27.0 Å². The summed E-state index contributed by atoms with van der Waals surface area (Å²) in [4.78, 5) is 14.6. The summed E-state index contributed by atoms with van der Waals surface area (Å²) in [5.74, 6) is -0.338. The number of carbonyl (C=O) groups excluding carboxylic acids is 1. The molecule has 0 bridgehead atoms. The van der Waals surface area contributed by atoms with Gasteiger partial charge in [0.15, 0.2) is 0 Å². The summed E-state index contributed by atoms with van der Waals surface area (Å²) in [5.41, 5.74) is 4.11. The molecule has 0 aliphatic rings. The molecule has 6 nitrogen and oxygen atoms in total. The van der Waals surface area contributed by atoms with Crippen LogP contribution in [-0.2, 0) is 10.0 Å². The first kappa shape index (κ1) is 21.1. The van der Waals surface area contributed by atoms with Crippen LogP contribution in [-0.4, -0.2) is 46.4 Å². The third kappa shape index (κ3) is 5.63. The highest BCUT2D eigenvalue weighted by molar-refractivity contribution is 7.89. The van der Waals surface area contributed by atoms with Gasteiger partial charge < -0.3 is 10.2 Å². The standard InChI is InChI=1S/C20H27N3O3S/c1-14-11-15(2)19(16(3)12-14)22-20(24)17-7-6-8-18(13-17)27(25,26)21-9-10-23(4)5/h6-8,11-13,21H,9-10H2,1-5H3,(H,22,24). The summed E-state index contributed by atoms with van der Waals surface area (Å²) in [6.45, 7) is 6.76. The van der Waals surface area contributed by atoms with Crippen molar-refractivity contribution in [2.24, 2.45) is 0 Å². The highest BCUT2D eigenvalue weighted by Gasteiger charge is 2.17. The minimum absolute atomic E-state index is 0.0752. The van der Waals surface area contributed by atoms with Crippen molar-refractivity contribution in [3.05, 3.63) is 58.7 Å². The Morgan fingerprint density at radius 3 is 2.26 bits per heavy atom. The maximum absolute atomic E-state index is 12.7. The fourth-order valence-electron chi connectivity index (χ4n) is 2.85. The lowest BCUT2D eigenvalue weighted by Gasteiger charge is -2.14. The van der Waals surface area contributed by atoms with Gasteiger partial charge in [0.25, 0.3) is 5.91 Å². The maximum Gasteiger partial charge on any atom is 0.255 e. The SMILES string of the molecule is Cc1cc(C)c(NC(=O)c2cccc(S(=O)(=O)NCCN(C)C)c2)c(C)c1. The third-order valence-electron chi connectivity index (χ3n) is 4.17. The molecule has 2 N–H and O–H groups in total. The van der Waals surface area contributed by atoms with Crippen molar-refractivity contribution in [3.63, 3.8) is 0 Å². The quantitative estimate of drug-likeness (QED) is 0.763. The molecule has 0 spiro atoms. The number of aryl methyl sites for hydroxylation is 3. The Morgan fingerprint density at radius 2 is 1.67 bits per heavy atom. The Balaban J connectivity index is 2.21. The van der Waals surface area contributed by atoms with Gasteiger partial charge >= 0.3 is 0 Å². The summed E-state index contributed by atoms with van der Waals surface area (Å²) < 4.78 is 27.4. The van der Waals surface area contributed by atoms with Crippen LogP contribution in [0.15, 0.2) is 41.3 Å². The van der Waals surface area contributed by atoms with Crippen molar-refractivity contribution in [2.75, 3.05) is 32.5 Å². The number of hydrogen-bond donors (Lipinski definition) is 2. The lowest BCUT2D eigenvalue weighted by molar-refractivity contribution is 0.102. The van der Waals surface area contributed by atoms with Gasteiger partial charge in [-0.1, -0.05) is 23.8 Å². The number of hydrogen-bond acceptors (Lipinski definition) is 4. The largest absolute Gasteiger partial charge is 0.322 e. The van der Waals surface area contributed by atoms with Crippen molar-refractivity contribution in [1.29, 1.82) is 0 Å². The molecule has 0 aliphatic heterocycles. The number of sulfonamides is 1. The number of rotatable bonds is 7. The van der Waals surface area contributed by atoms with Gasteiger partial charge in [0.2, 0.25) is 10.0 Å². The molecule has 2 aromatic rings. The molecule has 0 saturated heterocycles. The van der Waals surface area contributed by atoms with Crippen molar-refractivity contribution in [2.45, 2.75) is 25.7 Å². The van der Waals surface area contributed by atoms with Crippen LogP contribution in [0.3, 0.4) is 0 Å². The van der Waals surface area contributed by atoms with Gasteiger partial charge in [-0.2, -0.15) is 0 Å². The highest BCUT2D eigenvalue weighted by Crippen LogP contribution is 2.23. The molecule has 1 amide bonds. The second-order valence-electron chi connectivity index (χ2n) is 6.96. The fourth-order valence-corrected chi connectivity index (χ4v) is 3.92. The topological polar surface area (TPSA) is 78.5 Å². The molecule has 7 heteroatoms. The number of benzene rings is 2. The first-order valence-corrected chi connectivity index (χ1v) is 10.2. The van der Waals surface area contributed by atoms with Gasteiger partial charge in [-0.25, -0.2) is 13.1 Å². The predicted octanol–water partition coefficient (Wildman–Crippen LogP) is 2.70. The highest BCUT2D eigenvalue weighted by atomic mass is 32.2. The van der Waals surface area contributed by atoms with E-state index in [-0.39, 0.29) is 10.8 Å². The summed E-state index contributed by atoms with van der Waals surface area (Å²) in [6, 6.07) is 10.1. The van der Waals surface area contributed by atoms with Crippen LogP contribution in [0.4, 0.5) is 5.69 Å². The minimum Gasteiger partial charge on any atom is -0.322 e. The molecule has 0 radical (unpaired) electrons. The molecule has 0 fully saturated rings. The average Bonchev–Trinajstić information content (AvgIpc) is 2.57. The van der Waals surface area contributed by atoms with E-state index in [1.165, 1.54) is 12.1 Å². The van der Waals surface area contributed by atoms with Crippen LogP contribution in [0.25, 0.3) is 0 Å². The van der Waals surface area contributed by atoms with Crippen molar-refractivity contribution in [1.82, 2.24) is 9.62 Å². The van der Waals surface area contributed by atoms with Gasteiger partial charge in [-0.3, -0.25) is 4.79 Å². The summed E-state index contributed by atoms with van der Waals surface area (Å²) in [6.07, 6.45) is 0. The predicted molar refractivity (Wildman–Crippen MR) is 109 cm³/mol. The van der Waals surface area contributed by atoms with E-state index in [1.54, 1.807) is 12.1 Å². The van der Waals surface area contributed by atoms with Gasteiger partial charge in [-0.05, 0) is 64.2 Å². The smallest absolute Gasteiger partial charge is 0.255 e. The van der Waals surface area contributed by atoms with E-state index in [2.05, 4.69) is 10.0 Å². The molecule has 0 aliphatic carbocycles. The minimum atomic E-state index is -3.66. The van der Waals surface area contributed by atoms with Crippen LogP contribution in [0, 0.1) is 20.8 Å². The third-order valence-corrected chi connectivity index (χ3v) is 5.63. The van der Waals surface area contributed by atoms with Gasteiger partial charge in [0.05, 0.1) is 4.90 Å². The van der Waals surface area contributed by atoms with E-state index in [1.807, 2.05) is 51.9 Å². The normalized spacial score (nSPS) is 11.6. The van der Waals surface area contributed by atoms with Gasteiger partial charge in [0.1, 0.15) is 0 Å². The average molecular weight is 390 g/mol. The molecule has 27 heavy (non-hydrogen) atoms. The molecule has 146 valence electrons. The van der Waals surface area contributed by atoms with Crippen molar-refractivity contribution < 1.29 is 13.2 Å². The molecular weight excluding hydrogens is 362 g/mol. The number of carbonyl (C=O) groups is 1. The van der Waals surface area contributed by atoms with Crippen molar-refractivity contribution >= 4 is 21.6 Å². The number of likely N-dealkylation sites (N-methyl/N-ethyl adjacent to an activating group) is 1. The van der Waals surface area contributed by atoms with Crippen LogP contribution in [0.2, 0.25) is 0 Å². The first-order chi connectivity index (χ1) is 12.6. The Hall–Kier alpha value is -2.22. The number of nitrogens with one attached hydrogen (secondary N) is 2. The Kier molecular flexibility index (Phi) is 6.75. The zero-order valence-corrected chi connectivity index (χ0v) is 17.3. The molecule has 0 atom stereocenters. The van der Waals surface area contributed by atoms with Crippen LogP contribution in [0.5, 0.6) is 0 Å². The van der Waals surface area contributed by atoms with E-state index >= 15 is 0 Å². The molecule has 2 aromatic carbocycles. The van der Waals surface area contributed by atoms with E-state index in [9.17, 15) is 13.2 Å². The number of nitrogens with zero attached hydrogens (tertiary/aromatic N) is 1. The van der Waals surface area contributed by atoms with E-state index in [4.69, 9.17) is 0 Å². The molecule has 0 saturated carbocycles. The fraction of sp³-hybridized carbons (Fsp3) is 0.350. The lowest BCUT2D eigenvalue weighted by atomic mass is 10.0. The zero-order chi connectivity index (χ0) is 20.2. The summed E-state index contributed by atoms with van der Waals surface area (Å²) >= 11 is 0. The van der Waals surface area contributed by atoms with Gasteiger partial charge in [0, 0.05) is 24.3 Å². The first-order valence-electron chi connectivity index (χ1n) is 8.74. The Bertz CT molecular complexity index is 914. The van der Waals surface area contributed by atoms with Crippen LogP contribution < -0.4 is 10.0 Å². The lowest BCUT2D eigenvalue weighted by Crippen LogP contribution is -2.31. The molecular formula is C20H27N3O3S. The zero-order valence-electron chi connectivity index (χ0n) is 16.5. The molecule has 2 rings (SSSR count). The number of amides is 1. The molecule has 0 heterocycles. The van der Waals surface area contributed by atoms with E-state index in [0.717, 1.165) is 22.4 Å². The number of anilines is 1. The Labute approximate surface area is 161 Å². The second kappa shape index (κ2) is 8.65. The Morgan fingerprint density at radius 1 is 1.04 bits per heavy atom. The maximum atomic E-state index is 12.7. The van der Waals surface area contributed by atoms with Crippen molar-refractivity contribution in [3.8, 4) is 0 Å². The van der Waals surface area contributed by atoms with Crippen LogP contribution >= 0.6 is 0 Å². The van der Waals surface area contributed by atoms with E-state index < -0.39 is 10.0 Å². The monoisotopic (exact) mass is 389 g/mol. The molecule has 0 unspecified atom stereocenters. The molecule has 0 aromatic heterocycles. The summed E-state index contributed by atoms with van der Waals surface area (Å²) in [5, 5.41) is 2.90.